The number of halogens is 1. The molecule has 0 saturated carbocycles. The zero-order valence-corrected chi connectivity index (χ0v) is 10.6. The molecular formula is C12H13ClN2S. The van der Waals surface area contributed by atoms with Crippen molar-refractivity contribution in [3.8, 4) is 0 Å². The minimum atomic E-state index is 0.693. The summed E-state index contributed by atoms with van der Waals surface area (Å²) in [5.74, 6) is 0. The minimum absolute atomic E-state index is 0.693. The Labute approximate surface area is 104 Å². The highest BCUT2D eigenvalue weighted by atomic mass is 35.5. The van der Waals surface area contributed by atoms with E-state index < -0.39 is 0 Å². The quantitative estimate of drug-likeness (QED) is 0.846. The topological polar surface area (TPSA) is 29.3 Å². The monoisotopic (exact) mass is 252 g/mol. The summed E-state index contributed by atoms with van der Waals surface area (Å²) in [5.41, 5.74) is 7.36. The zero-order valence-electron chi connectivity index (χ0n) is 8.98. The van der Waals surface area contributed by atoms with Crippen molar-refractivity contribution in [1.29, 1.82) is 0 Å². The molecule has 84 valence electrons. The molecule has 0 aliphatic carbocycles. The van der Waals surface area contributed by atoms with Gasteiger partial charge in [-0.05, 0) is 29.6 Å². The predicted octanol–water partition coefficient (Wildman–Crippen LogP) is 3.62. The van der Waals surface area contributed by atoms with Crippen LogP contribution >= 0.6 is 22.9 Å². The molecule has 2 aromatic rings. The Morgan fingerprint density at radius 3 is 2.81 bits per heavy atom. The second-order valence-corrected chi connectivity index (χ2v) is 5.09. The number of nitrogen functional groups attached to an aromatic ring is 1. The van der Waals surface area contributed by atoms with Crippen LogP contribution in [-0.2, 0) is 6.54 Å². The maximum absolute atomic E-state index is 6.15. The molecule has 0 radical (unpaired) electrons. The largest absolute Gasteiger partial charge is 0.399 e. The fourth-order valence-corrected chi connectivity index (χ4v) is 2.64. The fraction of sp³-hybridized carbons (Fsp3) is 0.167. The molecule has 1 aromatic carbocycles. The first-order chi connectivity index (χ1) is 7.66. The van der Waals surface area contributed by atoms with Crippen LogP contribution in [0.25, 0.3) is 0 Å². The number of rotatable bonds is 3. The van der Waals surface area contributed by atoms with Gasteiger partial charge in [-0.25, -0.2) is 0 Å². The Hall–Kier alpha value is -1.19. The molecule has 0 fully saturated rings. The van der Waals surface area contributed by atoms with E-state index in [9.17, 15) is 0 Å². The standard InChI is InChI=1S/C12H13ClN2S/c1-15(8-10-3-2-6-16-10)12-5-4-9(14)7-11(12)13/h2-7H,8,14H2,1H3. The number of thiophene rings is 1. The third-order valence-electron chi connectivity index (χ3n) is 2.36. The molecule has 0 saturated heterocycles. The Bertz CT molecular complexity index is 468. The predicted molar refractivity (Wildman–Crippen MR) is 72.3 cm³/mol. The van der Waals surface area contributed by atoms with Crippen LogP contribution in [-0.4, -0.2) is 7.05 Å². The van der Waals surface area contributed by atoms with Crippen molar-refractivity contribution < 1.29 is 0 Å². The zero-order chi connectivity index (χ0) is 11.5. The molecule has 1 aromatic heterocycles. The number of nitrogens with zero attached hydrogens (tertiary/aromatic N) is 1. The molecule has 0 atom stereocenters. The number of hydrogen-bond donors (Lipinski definition) is 1. The summed E-state index contributed by atoms with van der Waals surface area (Å²) in [6.45, 7) is 0.862. The normalized spacial score (nSPS) is 10.4. The maximum Gasteiger partial charge on any atom is 0.0660 e. The van der Waals surface area contributed by atoms with Crippen LogP contribution in [0.2, 0.25) is 5.02 Å². The van der Waals surface area contributed by atoms with Gasteiger partial charge in [0.05, 0.1) is 17.3 Å². The van der Waals surface area contributed by atoms with Crippen molar-refractivity contribution in [1.82, 2.24) is 0 Å². The van der Waals surface area contributed by atoms with Gasteiger partial charge in [-0.15, -0.1) is 11.3 Å². The molecule has 1 heterocycles. The van der Waals surface area contributed by atoms with Gasteiger partial charge >= 0.3 is 0 Å². The number of anilines is 2. The Morgan fingerprint density at radius 2 is 2.19 bits per heavy atom. The third kappa shape index (κ3) is 2.49. The molecule has 0 amide bonds. The van der Waals surface area contributed by atoms with Crippen LogP contribution in [0.15, 0.2) is 35.7 Å². The highest BCUT2D eigenvalue weighted by molar-refractivity contribution is 7.09. The summed E-state index contributed by atoms with van der Waals surface area (Å²) in [4.78, 5) is 3.43. The van der Waals surface area contributed by atoms with E-state index in [-0.39, 0.29) is 0 Å². The van der Waals surface area contributed by atoms with Gasteiger partial charge in [0, 0.05) is 17.6 Å². The van der Waals surface area contributed by atoms with E-state index in [0.29, 0.717) is 10.7 Å². The molecule has 2 N–H and O–H groups in total. The van der Waals surface area contributed by atoms with Crippen LogP contribution in [0, 0.1) is 0 Å². The number of benzene rings is 1. The van der Waals surface area contributed by atoms with Gasteiger partial charge in [0.15, 0.2) is 0 Å². The maximum atomic E-state index is 6.15. The van der Waals surface area contributed by atoms with Crippen molar-refractivity contribution >= 4 is 34.3 Å². The van der Waals surface area contributed by atoms with Gasteiger partial charge in [-0.3, -0.25) is 0 Å². The third-order valence-corrected chi connectivity index (χ3v) is 3.52. The summed E-state index contributed by atoms with van der Waals surface area (Å²) in [6, 6.07) is 9.77. The lowest BCUT2D eigenvalue weighted by atomic mass is 10.2. The highest BCUT2D eigenvalue weighted by Crippen LogP contribution is 2.28. The second kappa shape index (κ2) is 4.76. The summed E-state index contributed by atoms with van der Waals surface area (Å²) >= 11 is 7.89. The van der Waals surface area contributed by atoms with Crippen LogP contribution in [0.3, 0.4) is 0 Å². The van der Waals surface area contributed by atoms with Crippen molar-refractivity contribution in [2.45, 2.75) is 6.54 Å². The molecule has 0 bridgehead atoms. The van der Waals surface area contributed by atoms with Gasteiger partial charge in [-0.2, -0.15) is 0 Å². The molecular weight excluding hydrogens is 240 g/mol. The molecule has 0 unspecified atom stereocenters. The number of hydrogen-bond acceptors (Lipinski definition) is 3. The fourth-order valence-electron chi connectivity index (χ4n) is 1.55. The van der Waals surface area contributed by atoms with Gasteiger partial charge in [-0.1, -0.05) is 17.7 Å². The van der Waals surface area contributed by atoms with Crippen LogP contribution in [0.1, 0.15) is 4.88 Å². The van der Waals surface area contributed by atoms with E-state index in [1.807, 2.05) is 19.2 Å². The average Bonchev–Trinajstić information content (AvgIpc) is 2.70. The molecule has 0 spiro atoms. The van der Waals surface area contributed by atoms with E-state index in [0.717, 1.165) is 12.2 Å². The minimum Gasteiger partial charge on any atom is -0.399 e. The van der Waals surface area contributed by atoms with Crippen molar-refractivity contribution in [2.75, 3.05) is 17.7 Å². The molecule has 2 nitrogen and oxygen atoms in total. The highest BCUT2D eigenvalue weighted by Gasteiger charge is 2.07. The van der Waals surface area contributed by atoms with Crippen LogP contribution in [0.5, 0.6) is 0 Å². The average molecular weight is 253 g/mol. The molecule has 0 aliphatic heterocycles. The lowest BCUT2D eigenvalue weighted by Crippen LogP contribution is -2.15. The molecule has 4 heteroatoms. The Balaban J connectivity index is 2.17. The van der Waals surface area contributed by atoms with Gasteiger partial charge in [0.2, 0.25) is 0 Å². The van der Waals surface area contributed by atoms with E-state index in [1.54, 1.807) is 17.4 Å². The first-order valence-electron chi connectivity index (χ1n) is 4.95. The van der Waals surface area contributed by atoms with Crippen LogP contribution < -0.4 is 10.6 Å². The SMILES string of the molecule is CN(Cc1cccs1)c1ccc(N)cc1Cl. The van der Waals surface area contributed by atoms with E-state index >= 15 is 0 Å². The van der Waals surface area contributed by atoms with E-state index in [4.69, 9.17) is 17.3 Å². The summed E-state index contributed by atoms with van der Waals surface area (Å²) in [5, 5.41) is 2.77. The molecule has 0 aliphatic rings. The lowest BCUT2D eigenvalue weighted by Gasteiger charge is -2.20. The van der Waals surface area contributed by atoms with Crippen molar-refractivity contribution in [3.63, 3.8) is 0 Å². The number of nitrogens with two attached hydrogens (primary N) is 1. The first kappa shape index (κ1) is 11.3. The van der Waals surface area contributed by atoms with Gasteiger partial charge < -0.3 is 10.6 Å². The van der Waals surface area contributed by atoms with Crippen LogP contribution in [0.4, 0.5) is 11.4 Å². The summed E-state index contributed by atoms with van der Waals surface area (Å²) in [6.07, 6.45) is 0. The smallest absolute Gasteiger partial charge is 0.0660 e. The van der Waals surface area contributed by atoms with E-state index in [2.05, 4.69) is 22.4 Å². The van der Waals surface area contributed by atoms with Crippen molar-refractivity contribution in [2.24, 2.45) is 0 Å². The lowest BCUT2D eigenvalue weighted by molar-refractivity contribution is 0.941. The molecule has 16 heavy (non-hydrogen) atoms. The summed E-state index contributed by atoms with van der Waals surface area (Å²) in [7, 11) is 2.02. The van der Waals surface area contributed by atoms with Gasteiger partial charge in [0.1, 0.15) is 0 Å². The van der Waals surface area contributed by atoms with E-state index in [1.165, 1.54) is 4.88 Å². The second-order valence-electron chi connectivity index (χ2n) is 3.65. The Morgan fingerprint density at radius 1 is 1.38 bits per heavy atom. The Kier molecular flexibility index (Phi) is 3.36. The summed E-state index contributed by atoms with van der Waals surface area (Å²) < 4.78 is 0. The first-order valence-corrected chi connectivity index (χ1v) is 6.21. The van der Waals surface area contributed by atoms with Crippen molar-refractivity contribution in [3.05, 3.63) is 45.6 Å². The molecule has 2 rings (SSSR count). The van der Waals surface area contributed by atoms with Gasteiger partial charge in [0.25, 0.3) is 0 Å².